The molecule has 0 saturated carbocycles. The van der Waals surface area contributed by atoms with Gasteiger partial charge in [-0.25, -0.2) is 9.59 Å². The molecule has 0 heterocycles. The van der Waals surface area contributed by atoms with Gasteiger partial charge >= 0.3 is 19.0 Å². The van der Waals surface area contributed by atoms with E-state index in [1.807, 2.05) is 0 Å². The van der Waals surface area contributed by atoms with Gasteiger partial charge < -0.3 is 27.3 Å². The first-order chi connectivity index (χ1) is 9.82. The van der Waals surface area contributed by atoms with Crippen LogP contribution >= 0.6 is 0 Å². The van der Waals surface area contributed by atoms with Gasteiger partial charge in [-0.3, -0.25) is 0 Å². The van der Waals surface area contributed by atoms with E-state index >= 15 is 0 Å². The zero-order valence-electron chi connectivity index (χ0n) is 13.9. The smallest absolute Gasteiger partial charge is 0.467 e. The van der Waals surface area contributed by atoms with Crippen molar-refractivity contribution in [2.75, 3.05) is 13.6 Å². The van der Waals surface area contributed by atoms with E-state index in [0.717, 1.165) is 7.11 Å². The predicted molar refractivity (Wildman–Crippen MR) is 77.3 cm³/mol. The quantitative estimate of drug-likeness (QED) is 0.556. The van der Waals surface area contributed by atoms with Crippen LogP contribution in [-0.4, -0.2) is 49.1 Å². The molecule has 130 valence electrons. The minimum atomic E-state index is -5.32. The summed E-state index contributed by atoms with van der Waals surface area (Å²) in [6.07, 6.45) is -2.29. The number of rotatable bonds is 6. The van der Waals surface area contributed by atoms with Gasteiger partial charge in [-0.2, -0.15) is 0 Å². The second-order valence-electron chi connectivity index (χ2n) is 6.20. The Kier molecular flexibility index (Phi) is 7.24. The zero-order chi connectivity index (χ0) is 17.7. The van der Waals surface area contributed by atoms with Gasteiger partial charge in [0.25, 0.3) is 0 Å². The predicted octanol–water partition coefficient (Wildman–Crippen LogP) is 3.20. The van der Waals surface area contributed by atoms with E-state index in [1.165, 1.54) is 20.8 Å². The maximum absolute atomic E-state index is 12.9. The summed E-state index contributed by atoms with van der Waals surface area (Å²) in [7, 11) is 1.07. The fourth-order valence-corrected chi connectivity index (χ4v) is 1.86. The normalized spacial score (nSPS) is 15.0. The summed E-state index contributed by atoms with van der Waals surface area (Å²) in [6.45, 7) is 2.60. The molecule has 0 aliphatic heterocycles. The molecular weight excluding hydrogens is 302 g/mol. The molecule has 0 saturated heterocycles. The molecule has 0 fully saturated rings. The molecule has 22 heavy (non-hydrogen) atoms. The van der Waals surface area contributed by atoms with Gasteiger partial charge in [-0.15, -0.1) is 0 Å². The Hall–Kier alpha value is -1.41. The summed E-state index contributed by atoms with van der Waals surface area (Å²) in [4.78, 5) is 24.4. The van der Waals surface area contributed by atoms with Crippen LogP contribution in [0.4, 0.5) is 17.7 Å². The van der Waals surface area contributed by atoms with Crippen LogP contribution < -0.4 is 0 Å². The Morgan fingerprint density at radius 2 is 1.73 bits per heavy atom. The Balaban J connectivity index is 5.59. The molecule has 0 aromatic carbocycles. The highest BCUT2D eigenvalue weighted by molar-refractivity contribution is 6.58. The van der Waals surface area contributed by atoms with Crippen LogP contribution in [0.2, 0.25) is 0 Å². The Morgan fingerprint density at radius 3 is 2.05 bits per heavy atom. The van der Waals surface area contributed by atoms with E-state index in [1.54, 1.807) is 13.8 Å². The maximum atomic E-state index is 12.9. The Labute approximate surface area is 129 Å². The molecule has 0 aromatic rings. The van der Waals surface area contributed by atoms with Crippen LogP contribution in [0, 0.1) is 5.92 Å². The molecule has 1 amide bonds. The molecule has 0 N–H and O–H groups in total. The minimum absolute atomic E-state index is 0.407. The monoisotopic (exact) mass is 326 g/mol. The summed E-state index contributed by atoms with van der Waals surface area (Å²) in [5.74, 6) is -1.39. The van der Waals surface area contributed by atoms with Crippen molar-refractivity contribution >= 4 is 19.0 Å². The third-order valence-corrected chi connectivity index (χ3v) is 2.99. The fraction of sp³-hybridized carbons (Fsp3) is 0.846. The third kappa shape index (κ3) is 7.04. The number of hydrogen-bond acceptors (Lipinski definition) is 4. The van der Waals surface area contributed by atoms with Gasteiger partial charge in [0.2, 0.25) is 0 Å². The molecule has 0 spiro atoms. The van der Waals surface area contributed by atoms with Crippen molar-refractivity contribution in [2.24, 2.45) is 5.92 Å². The average Bonchev–Trinajstić information content (AvgIpc) is 2.33. The van der Waals surface area contributed by atoms with Crippen LogP contribution in [0.25, 0.3) is 0 Å². The molecule has 0 bridgehead atoms. The lowest BCUT2D eigenvalue weighted by atomic mass is 9.88. The molecule has 9 heteroatoms. The van der Waals surface area contributed by atoms with E-state index in [0.29, 0.717) is 11.3 Å². The van der Waals surface area contributed by atoms with Gasteiger partial charge in [-0.1, -0.05) is 20.3 Å². The number of ether oxygens (including phenoxy) is 2. The van der Waals surface area contributed by atoms with Crippen molar-refractivity contribution in [2.45, 2.75) is 52.7 Å². The second kappa shape index (κ2) is 7.74. The van der Waals surface area contributed by atoms with Crippen LogP contribution in [0.15, 0.2) is 0 Å². The highest BCUT2D eigenvalue weighted by Crippen LogP contribution is 2.23. The first-order valence-electron chi connectivity index (χ1n) is 7.10. The van der Waals surface area contributed by atoms with Crippen molar-refractivity contribution in [1.29, 1.82) is 0 Å². The molecule has 0 radical (unpaired) electrons. The third-order valence-electron chi connectivity index (χ3n) is 2.99. The Morgan fingerprint density at radius 1 is 1.23 bits per heavy atom. The van der Waals surface area contributed by atoms with Gasteiger partial charge in [0.05, 0.1) is 7.11 Å². The lowest BCUT2D eigenvalue weighted by Gasteiger charge is -2.37. The summed E-state index contributed by atoms with van der Waals surface area (Å²) in [6, 6.07) is -1.34. The van der Waals surface area contributed by atoms with Crippen LogP contribution in [-0.2, 0) is 14.3 Å². The van der Waals surface area contributed by atoms with Crippen molar-refractivity contribution in [1.82, 2.24) is 4.90 Å². The van der Waals surface area contributed by atoms with Gasteiger partial charge in [0.1, 0.15) is 11.6 Å². The van der Waals surface area contributed by atoms with Crippen molar-refractivity contribution in [3.63, 3.8) is 0 Å². The number of amides is 1. The van der Waals surface area contributed by atoms with Crippen molar-refractivity contribution < 1.29 is 32.0 Å². The van der Waals surface area contributed by atoms with Crippen molar-refractivity contribution in [3.8, 4) is 0 Å². The Bertz CT molecular complexity index is 396. The lowest BCUT2D eigenvalue weighted by molar-refractivity contribution is -0.148. The fourth-order valence-electron chi connectivity index (χ4n) is 1.86. The lowest BCUT2D eigenvalue weighted by Crippen LogP contribution is -2.54. The number of halogens is 3. The van der Waals surface area contributed by atoms with Crippen LogP contribution in [0.5, 0.6) is 0 Å². The van der Waals surface area contributed by atoms with E-state index in [-0.39, 0.29) is 0 Å². The molecule has 5 nitrogen and oxygen atoms in total. The summed E-state index contributed by atoms with van der Waals surface area (Å²) >= 11 is 0. The topological polar surface area (TPSA) is 55.8 Å². The average molecular weight is 326 g/mol. The van der Waals surface area contributed by atoms with E-state index in [4.69, 9.17) is 4.74 Å². The molecule has 0 aliphatic rings. The molecule has 0 unspecified atom stereocenters. The van der Waals surface area contributed by atoms with Gasteiger partial charge in [-0.05, 0) is 33.1 Å². The molecule has 0 rings (SSSR count). The number of hydrogen-bond donors (Lipinski definition) is 0. The first kappa shape index (κ1) is 20.6. The largest absolute Gasteiger partial charge is 0.497 e. The number of carbonyl (C=O) groups excluding carboxylic acids is 2. The summed E-state index contributed by atoms with van der Waals surface area (Å²) < 4.78 is 48.1. The SMILES string of the molecule is CC[C@@H](C)[C@@H](C(=O)OC)N(C[B-](F)(F)F)C(=O)OC(C)(C)C. The van der Waals surface area contributed by atoms with Crippen molar-refractivity contribution in [3.05, 3.63) is 0 Å². The maximum Gasteiger partial charge on any atom is 0.497 e. The number of carbonyl (C=O) groups is 2. The van der Waals surface area contributed by atoms with Gasteiger partial charge in [0.15, 0.2) is 0 Å². The van der Waals surface area contributed by atoms with Crippen LogP contribution in [0.1, 0.15) is 41.0 Å². The van der Waals surface area contributed by atoms with Crippen LogP contribution in [0.3, 0.4) is 0 Å². The number of nitrogens with zero attached hydrogens (tertiary/aromatic N) is 1. The number of methoxy groups -OCH3 is 1. The zero-order valence-corrected chi connectivity index (χ0v) is 13.9. The molecule has 0 aromatic heterocycles. The summed E-state index contributed by atoms with van der Waals surface area (Å²) in [5.41, 5.74) is -0.968. The van der Waals surface area contributed by atoms with E-state index < -0.39 is 43.0 Å². The second-order valence-corrected chi connectivity index (χ2v) is 6.20. The number of esters is 1. The minimum Gasteiger partial charge on any atom is -0.467 e. The van der Waals surface area contributed by atoms with E-state index in [2.05, 4.69) is 4.74 Å². The van der Waals surface area contributed by atoms with Gasteiger partial charge in [0, 0.05) is 0 Å². The molecule has 2 atom stereocenters. The van der Waals surface area contributed by atoms with E-state index in [9.17, 15) is 22.5 Å². The highest BCUT2D eigenvalue weighted by Gasteiger charge is 2.41. The summed E-state index contributed by atoms with van der Waals surface area (Å²) in [5, 5.41) is 0. The molecular formula is C13H24BF3NO4-. The molecule has 0 aliphatic carbocycles. The standard InChI is InChI=1S/C13H24BF3NO4/c1-7-9(2)10(11(19)21-6)18(8-14(15,16)17)12(20)22-13(3,4)5/h9-10H,7-8H2,1-6H3/q-1/t9-,10+/m1/s1. The highest BCUT2D eigenvalue weighted by atomic mass is 19.4. The first-order valence-corrected chi connectivity index (χ1v) is 7.10.